The van der Waals surface area contributed by atoms with Crippen LogP contribution >= 0.6 is 15.9 Å². The molecule has 0 aliphatic carbocycles. The van der Waals surface area contributed by atoms with Gasteiger partial charge < -0.3 is 14.6 Å². The summed E-state index contributed by atoms with van der Waals surface area (Å²) in [7, 11) is 0. The molecule has 2 rings (SSSR count). The van der Waals surface area contributed by atoms with Crippen LogP contribution in [0.3, 0.4) is 0 Å². The third-order valence-electron chi connectivity index (χ3n) is 3.40. The van der Waals surface area contributed by atoms with Crippen molar-refractivity contribution in [3.05, 3.63) is 22.4 Å². The van der Waals surface area contributed by atoms with Crippen LogP contribution in [0.2, 0.25) is 0 Å². The molecular formula is C13H19BrN2O2. The lowest BCUT2D eigenvalue weighted by Gasteiger charge is -2.23. The van der Waals surface area contributed by atoms with Gasteiger partial charge in [0.2, 0.25) is 0 Å². The third kappa shape index (κ3) is 2.62. The highest BCUT2D eigenvalue weighted by Gasteiger charge is 2.30. The maximum absolute atomic E-state index is 12.5. The Kier molecular flexibility index (Phi) is 4.45. The van der Waals surface area contributed by atoms with Crippen molar-refractivity contribution in [2.75, 3.05) is 13.2 Å². The minimum atomic E-state index is -0.0127. The van der Waals surface area contributed by atoms with E-state index in [1.165, 1.54) is 0 Å². The zero-order chi connectivity index (χ0) is 13.1. The molecule has 1 N–H and O–H groups in total. The first-order chi connectivity index (χ1) is 8.67. The molecule has 0 saturated carbocycles. The summed E-state index contributed by atoms with van der Waals surface area (Å²) in [5.41, 5.74) is 0.712. The van der Waals surface area contributed by atoms with Crippen LogP contribution in [0.4, 0.5) is 0 Å². The molecular weight excluding hydrogens is 296 g/mol. The van der Waals surface area contributed by atoms with Crippen molar-refractivity contribution in [1.82, 2.24) is 9.47 Å². The van der Waals surface area contributed by atoms with E-state index >= 15 is 0 Å². The minimum Gasteiger partial charge on any atom is -0.394 e. The number of likely N-dealkylation sites (tertiary alicyclic amines) is 1. The first kappa shape index (κ1) is 13.6. The van der Waals surface area contributed by atoms with Crippen molar-refractivity contribution in [3.8, 4) is 0 Å². The summed E-state index contributed by atoms with van der Waals surface area (Å²) in [6.45, 7) is 3.74. The minimum absolute atomic E-state index is 0.0127. The van der Waals surface area contributed by atoms with Crippen LogP contribution in [-0.4, -0.2) is 39.7 Å². The van der Waals surface area contributed by atoms with E-state index in [2.05, 4.69) is 22.9 Å². The molecule has 4 nitrogen and oxygen atoms in total. The second kappa shape index (κ2) is 5.89. The molecule has 1 aromatic heterocycles. The molecule has 0 radical (unpaired) electrons. The van der Waals surface area contributed by atoms with Crippen molar-refractivity contribution < 1.29 is 9.90 Å². The molecule has 1 aromatic rings. The lowest BCUT2D eigenvalue weighted by atomic mass is 10.2. The van der Waals surface area contributed by atoms with E-state index in [1.54, 1.807) is 4.90 Å². The Balaban J connectivity index is 2.22. The number of nitrogens with zero attached hydrogens (tertiary/aromatic N) is 2. The highest BCUT2D eigenvalue weighted by Crippen LogP contribution is 2.22. The largest absolute Gasteiger partial charge is 0.394 e. The number of amides is 1. The number of aromatic nitrogens is 1. The molecule has 0 spiro atoms. The molecule has 1 saturated heterocycles. The number of hydrogen-bond acceptors (Lipinski definition) is 2. The van der Waals surface area contributed by atoms with Crippen LogP contribution in [0.25, 0.3) is 0 Å². The van der Waals surface area contributed by atoms with Gasteiger partial charge in [0.15, 0.2) is 0 Å². The summed E-state index contributed by atoms with van der Waals surface area (Å²) in [5, 5.41) is 9.30. The smallest absolute Gasteiger partial charge is 0.270 e. The van der Waals surface area contributed by atoms with Crippen molar-refractivity contribution in [2.45, 2.75) is 38.8 Å². The van der Waals surface area contributed by atoms with Gasteiger partial charge in [0, 0.05) is 23.8 Å². The number of aliphatic hydroxyl groups excluding tert-OH is 1. The topological polar surface area (TPSA) is 45.5 Å². The van der Waals surface area contributed by atoms with Gasteiger partial charge in [0.05, 0.1) is 12.6 Å². The van der Waals surface area contributed by atoms with E-state index in [9.17, 15) is 9.90 Å². The fourth-order valence-corrected chi connectivity index (χ4v) is 2.98. The fraction of sp³-hybridized carbons (Fsp3) is 0.615. The van der Waals surface area contributed by atoms with Gasteiger partial charge in [-0.15, -0.1) is 0 Å². The van der Waals surface area contributed by atoms with Crippen LogP contribution in [0, 0.1) is 0 Å². The van der Waals surface area contributed by atoms with E-state index in [0.717, 1.165) is 36.8 Å². The van der Waals surface area contributed by atoms with Crippen LogP contribution < -0.4 is 0 Å². The summed E-state index contributed by atoms with van der Waals surface area (Å²) < 4.78 is 2.91. The Morgan fingerprint density at radius 3 is 3.06 bits per heavy atom. The Morgan fingerprint density at radius 2 is 2.39 bits per heavy atom. The van der Waals surface area contributed by atoms with Crippen LogP contribution in [0.15, 0.2) is 16.7 Å². The maximum Gasteiger partial charge on any atom is 0.270 e. The number of aliphatic hydroxyl groups is 1. The first-order valence-electron chi connectivity index (χ1n) is 6.45. The van der Waals surface area contributed by atoms with E-state index < -0.39 is 0 Å². The monoisotopic (exact) mass is 314 g/mol. The Hall–Kier alpha value is -0.810. The van der Waals surface area contributed by atoms with Crippen LogP contribution in [0.1, 0.15) is 36.7 Å². The molecule has 1 aliphatic heterocycles. The maximum atomic E-state index is 12.5. The molecule has 1 atom stereocenters. The highest BCUT2D eigenvalue weighted by atomic mass is 79.9. The predicted octanol–water partition coefficient (Wildman–Crippen LogP) is 2.26. The number of carbonyl (C=O) groups excluding carboxylic acids is 1. The SMILES string of the molecule is CCCn1cc(Br)cc1C(=O)N1CCCC1CO. The normalized spacial score (nSPS) is 19.5. The summed E-state index contributed by atoms with van der Waals surface area (Å²) in [5.74, 6) is 0.0331. The second-order valence-electron chi connectivity index (χ2n) is 4.71. The van der Waals surface area contributed by atoms with E-state index in [4.69, 9.17) is 0 Å². The van der Waals surface area contributed by atoms with Crippen molar-refractivity contribution >= 4 is 21.8 Å². The average Bonchev–Trinajstić information content (AvgIpc) is 2.95. The predicted molar refractivity (Wildman–Crippen MR) is 73.6 cm³/mol. The number of aryl methyl sites for hydroxylation is 1. The Morgan fingerprint density at radius 1 is 1.61 bits per heavy atom. The molecule has 0 aromatic carbocycles. The Labute approximate surface area is 116 Å². The van der Waals surface area contributed by atoms with Gasteiger partial charge in [-0.3, -0.25) is 4.79 Å². The van der Waals surface area contributed by atoms with Crippen LogP contribution in [-0.2, 0) is 6.54 Å². The van der Waals surface area contributed by atoms with Gasteiger partial charge in [-0.1, -0.05) is 6.92 Å². The van der Waals surface area contributed by atoms with Crippen molar-refractivity contribution in [1.29, 1.82) is 0 Å². The lowest BCUT2D eigenvalue weighted by Crippen LogP contribution is -2.38. The zero-order valence-corrected chi connectivity index (χ0v) is 12.2. The molecule has 0 bridgehead atoms. The molecule has 5 heteroatoms. The first-order valence-corrected chi connectivity index (χ1v) is 7.24. The molecule has 1 fully saturated rings. The lowest BCUT2D eigenvalue weighted by molar-refractivity contribution is 0.0666. The van der Waals surface area contributed by atoms with Gasteiger partial charge >= 0.3 is 0 Å². The van der Waals surface area contributed by atoms with Gasteiger partial charge in [0.25, 0.3) is 5.91 Å². The standard InChI is InChI=1S/C13H19BrN2O2/c1-2-5-15-8-10(14)7-12(15)13(18)16-6-3-4-11(16)9-17/h7-8,11,17H,2-6,9H2,1H3. The number of hydrogen-bond donors (Lipinski definition) is 1. The van der Waals surface area contributed by atoms with E-state index in [0.29, 0.717) is 5.69 Å². The Bertz CT molecular complexity index is 431. The van der Waals surface area contributed by atoms with Crippen LogP contribution in [0.5, 0.6) is 0 Å². The van der Waals surface area contributed by atoms with Gasteiger partial charge in [-0.05, 0) is 41.3 Å². The summed E-state index contributed by atoms with van der Waals surface area (Å²) in [6.07, 6.45) is 4.82. The summed E-state index contributed by atoms with van der Waals surface area (Å²) in [6, 6.07) is 1.85. The fourth-order valence-electron chi connectivity index (χ4n) is 2.52. The molecule has 1 amide bonds. The highest BCUT2D eigenvalue weighted by molar-refractivity contribution is 9.10. The van der Waals surface area contributed by atoms with Gasteiger partial charge in [0.1, 0.15) is 5.69 Å². The van der Waals surface area contributed by atoms with Crippen molar-refractivity contribution in [3.63, 3.8) is 0 Å². The molecule has 1 aliphatic rings. The average molecular weight is 315 g/mol. The molecule has 100 valence electrons. The molecule has 2 heterocycles. The summed E-state index contributed by atoms with van der Waals surface area (Å²) in [4.78, 5) is 14.3. The summed E-state index contributed by atoms with van der Waals surface area (Å²) >= 11 is 3.42. The number of halogens is 1. The molecule has 1 unspecified atom stereocenters. The quantitative estimate of drug-likeness (QED) is 0.926. The molecule has 18 heavy (non-hydrogen) atoms. The second-order valence-corrected chi connectivity index (χ2v) is 5.63. The van der Waals surface area contributed by atoms with E-state index in [-0.39, 0.29) is 18.6 Å². The number of rotatable bonds is 4. The third-order valence-corrected chi connectivity index (χ3v) is 3.83. The van der Waals surface area contributed by atoms with Crippen molar-refractivity contribution in [2.24, 2.45) is 0 Å². The number of carbonyl (C=O) groups is 1. The van der Waals surface area contributed by atoms with Gasteiger partial charge in [-0.25, -0.2) is 0 Å². The zero-order valence-electron chi connectivity index (χ0n) is 10.6. The van der Waals surface area contributed by atoms with Gasteiger partial charge in [-0.2, -0.15) is 0 Å². The van der Waals surface area contributed by atoms with E-state index in [1.807, 2.05) is 16.8 Å².